The van der Waals surface area contributed by atoms with Gasteiger partial charge in [0.15, 0.2) is 0 Å². The Morgan fingerprint density at radius 1 is 1.29 bits per heavy atom. The fourth-order valence-electron chi connectivity index (χ4n) is 2.30. The Kier molecular flexibility index (Phi) is 6.74. The van der Waals surface area contributed by atoms with Crippen molar-refractivity contribution in [1.29, 1.82) is 0 Å². The van der Waals surface area contributed by atoms with Crippen LogP contribution in [0.25, 0.3) is 0 Å². The van der Waals surface area contributed by atoms with E-state index in [0.29, 0.717) is 10.7 Å². The van der Waals surface area contributed by atoms with Gasteiger partial charge in [-0.15, -0.1) is 0 Å². The van der Waals surface area contributed by atoms with Crippen molar-refractivity contribution in [3.05, 3.63) is 45.3 Å². The highest BCUT2D eigenvalue weighted by Crippen LogP contribution is 2.25. The van der Waals surface area contributed by atoms with E-state index >= 15 is 0 Å². The van der Waals surface area contributed by atoms with Gasteiger partial charge < -0.3 is 24.6 Å². The quantitative estimate of drug-likeness (QED) is 0.624. The van der Waals surface area contributed by atoms with Gasteiger partial charge in [0.25, 0.3) is 0 Å². The van der Waals surface area contributed by atoms with Crippen molar-refractivity contribution in [1.82, 2.24) is 10.5 Å². The van der Waals surface area contributed by atoms with Crippen LogP contribution in [-0.2, 0) is 20.7 Å². The number of hydrogen-bond donors (Lipinski definition) is 3. The number of ether oxygens (including phenoxy) is 2. The summed E-state index contributed by atoms with van der Waals surface area (Å²) in [5.74, 6) is -0.534. The summed E-state index contributed by atoms with van der Waals surface area (Å²) in [6.07, 6.45) is -1.01. The first kappa shape index (κ1) is 21.4. The maximum atomic E-state index is 12.1. The van der Waals surface area contributed by atoms with E-state index in [9.17, 15) is 14.4 Å². The molecule has 0 bridgehead atoms. The molecule has 2 rings (SSSR count). The normalized spacial score (nSPS) is 12.2. The van der Waals surface area contributed by atoms with Gasteiger partial charge in [-0.1, -0.05) is 23.7 Å². The summed E-state index contributed by atoms with van der Waals surface area (Å²) in [6.45, 7) is 5.06. The number of methoxy groups -OCH3 is 1. The van der Waals surface area contributed by atoms with Crippen molar-refractivity contribution >= 4 is 35.2 Å². The number of aromatic amines is 1. The third kappa shape index (κ3) is 5.78. The van der Waals surface area contributed by atoms with Crippen LogP contribution in [0.5, 0.6) is 0 Å². The summed E-state index contributed by atoms with van der Waals surface area (Å²) in [5.41, 5.74) is -0.827. The monoisotopic (exact) mass is 411 g/mol. The first-order valence-corrected chi connectivity index (χ1v) is 8.77. The number of para-hydroxylation sites is 1. The van der Waals surface area contributed by atoms with Gasteiger partial charge in [0.1, 0.15) is 17.5 Å². The number of halogens is 1. The van der Waals surface area contributed by atoms with Gasteiger partial charge in [-0.05, 0) is 32.9 Å². The first-order chi connectivity index (χ1) is 13.1. The van der Waals surface area contributed by atoms with E-state index in [-0.39, 0.29) is 17.8 Å². The minimum Gasteiger partial charge on any atom is -0.467 e. The van der Waals surface area contributed by atoms with Crippen molar-refractivity contribution in [2.24, 2.45) is 0 Å². The average Bonchev–Trinajstić information content (AvgIpc) is 2.94. The summed E-state index contributed by atoms with van der Waals surface area (Å²) in [7, 11) is 1.18. The van der Waals surface area contributed by atoms with Crippen LogP contribution < -0.4 is 16.3 Å². The first-order valence-electron chi connectivity index (χ1n) is 8.40. The Balaban J connectivity index is 2.23. The number of benzene rings is 1. The number of anilines is 2. The molecule has 0 spiro atoms. The molecule has 10 heteroatoms. The Labute approximate surface area is 166 Å². The Bertz CT molecular complexity index is 899. The Morgan fingerprint density at radius 2 is 1.96 bits per heavy atom. The highest BCUT2D eigenvalue weighted by atomic mass is 35.5. The molecule has 2 aromatic rings. The molecule has 0 fully saturated rings. The maximum Gasteiger partial charge on any atom is 0.408 e. The average molecular weight is 412 g/mol. The highest BCUT2D eigenvalue weighted by molar-refractivity contribution is 6.33. The minimum absolute atomic E-state index is 0.103. The number of carbonyl (C=O) groups excluding carboxylic acids is 2. The molecule has 3 N–H and O–H groups in total. The van der Waals surface area contributed by atoms with Gasteiger partial charge in [-0.3, -0.25) is 0 Å². The molecule has 1 aromatic heterocycles. The molecule has 0 saturated heterocycles. The molecule has 1 heterocycles. The molecule has 9 nitrogen and oxygen atoms in total. The smallest absolute Gasteiger partial charge is 0.408 e. The van der Waals surface area contributed by atoms with Crippen molar-refractivity contribution in [3.63, 3.8) is 0 Å². The van der Waals surface area contributed by atoms with E-state index in [1.807, 2.05) is 0 Å². The second-order valence-electron chi connectivity index (χ2n) is 6.88. The third-order valence-corrected chi connectivity index (χ3v) is 3.84. The SMILES string of the molecule is COC(=O)[C@H](Cc1c(Nc2ccccc2Cl)[nH]oc1=O)NC(=O)OC(C)(C)C. The van der Waals surface area contributed by atoms with Crippen LogP contribution in [0.15, 0.2) is 33.6 Å². The van der Waals surface area contributed by atoms with Gasteiger partial charge in [-0.2, -0.15) is 0 Å². The molecule has 1 amide bonds. The molecular formula is C18H22ClN3O6. The zero-order valence-electron chi connectivity index (χ0n) is 15.9. The zero-order valence-corrected chi connectivity index (χ0v) is 16.7. The Morgan fingerprint density at radius 3 is 2.57 bits per heavy atom. The highest BCUT2D eigenvalue weighted by Gasteiger charge is 2.28. The molecule has 1 aromatic carbocycles. The summed E-state index contributed by atoms with van der Waals surface area (Å²) in [5, 5.41) is 8.22. The second-order valence-corrected chi connectivity index (χ2v) is 7.28. The molecule has 0 saturated carbocycles. The van der Waals surface area contributed by atoms with Gasteiger partial charge in [0.05, 0.1) is 23.4 Å². The van der Waals surface area contributed by atoms with E-state index in [0.717, 1.165) is 0 Å². The second kappa shape index (κ2) is 8.83. The van der Waals surface area contributed by atoms with E-state index in [4.69, 9.17) is 25.6 Å². The molecule has 0 aliphatic rings. The number of H-pyrrole nitrogens is 1. The Hall–Kier alpha value is -2.94. The molecule has 0 radical (unpaired) electrons. The lowest BCUT2D eigenvalue weighted by Gasteiger charge is -2.22. The van der Waals surface area contributed by atoms with Gasteiger partial charge in [-0.25, -0.2) is 19.5 Å². The molecule has 28 heavy (non-hydrogen) atoms. The third-order valence-electron chi connectivity index (χ3n) is 3.51. The van der Waals surface area contributed by atoms with Crippen LogP contribution >= 0.6 is 11.6 Å². The molecular weight excluding hydrogens is 390 g/mol. The predicted octanol–water partition coefficient (Wildman–Crippen LogP) is 2.97. The summed E-state index contributed by atoms with van der Waals surface area (Å²) >= 11 is 6.11. The van der Waals surface area contributed by atoms with E-state index in [1.165, 1.54) is 7.11 Å². The molecule has 152 valence electrons. The predicted molar refractivity (Wildman–Crippen MR) is 103 cm³/mol. The van der Waals surface area contributed by atoms with Crippen molar-refractivity contribution in [2.45, 2.75) is 38.8 Å². The van der Waals surface area contributed by atoms with Crippen molar-refractivity contribution in [3.8, 4) is 0 Å². The van der Waals surface area contributed by atoms with Crippen LogP contribution in [0.3, 0.4) is 0 Å². The largest absolute Gasteiger partial charge is 0.467 e. The lowest BCUT2D eigenvalue weighted by Crippen LogP contribution is -2.45. The van der Waals surface area contributed by atoms with E-state index in [1.54, 1.807) is 45.0 Å². The number of esters is 1. The number of hydrogen-bond acceptors (Lipinski definition) is 7. The minimum atomic E-state index is -1.16. The maximum absolute atomic E-state index is 12.1. The standard InChI is InChI=1S/C18H22ClN3O6/c1-18(2,3)27-17(25)21-13(16(24)26-4)9-10-14(22-28-15(10)23)20-12-8-6-5-7-11(12)19/h5-8,13,20,22H,9H2,1-4H3,(H,21,25)/t13-/m0/s1. The van der Waals surface area contributed by atoms with Crippen molar-refractivity contribution in [2.75, 3.05) is 12.4 Å². The molecule has 0 aliphatic heterocycles. The van der Waals surface area contributed by atoms with E-state index < -0.39 is 29.3 Å². The fourth-order valence-corrected chi connectivity index (χ4v) is 2.48. The number of aromatic nitrogens is 1. The summed E-state index contributed by atoms with van der Waals surface area (Å²) in [6, 6.07) is 5.72. The van der Waals surface area contributed by atoms with Crippen LogP contribution in [0.4, 0.5) is 16.3 Å². The lowest BCUT2D eigenvalue weighted by atomic mass is 10.1. The van der Waals surface area contributed by atoms with Gasteiger partial charge >= 0.3 is 17.7 Å². The number of amides is 1. The van der Waals surface area contributed by atoms with E-state index in [2.05, 4.69) is 15.8 Å². The van der Waals surface area contributed by atoms with Gasteiger partial charge in [0, 0.05) is 6.42 Å². The number of carbonyl (C=O) groups is 2. The number of alkyl carbamates (subject to hydrolysis) is 1. The van der Waals surface area contributed by atoms with Crippen molar-refractivity contribution < 1.29 is 23.6 Å². The summed E-state index contributed by atoms with van der Waals surface area (Å²) < 4.78 is 14.7. The zero-order chi connectivity index (χ0) is 20.9. The summed E-state index contributed by atoms with van der Waals surface area (Å²) in [4.78, 5) is 36.2. The lowest BCUT2D eigenvalue weighted by molar-refractivity contribution is -0.143. The molecule has 1 atom stereocenters. The van der Waals surface area contributed by atoms with Crippen LogP contribution in [-0.4, -0.2) is 36.0 Å². The fraction of sp³-hybridized carbons (Fsp3) is 0.389. The van der Waals surface area contributed by atoms with Gasteiger partial charge in [0.2, 0.25) is 0 Å². The molecule has 0 unspecified atom stereocenters. The number of rotatable bonds is 6. The van der Waals surface area contributed by atoms with Crippen LogP contribution in [0, 0.1) is 0 Å². The number of nitrogens with one attached hydrogen (secondary N) is 3. The topological polar surface area (TPSA) is 123 Å². The van der Waals surface area contributed by atoms with Crippen LogP contribution in [0.1, 0.15) is 26.3 Å². The van der Waals surface area contributed by atoms with Crippen LogP contribution in [0.2, 0.25) is 5.02 Å². The molecule has 0 aliphatic carbocycles.